The summed E-state index contributed by atoms with van der Waals surface area (Å²) >= 11 is 0. The molecule has 28 heavy (non-hydrogen) atoms. The predicted octanol–water partition coefficient (Wildman–Crippen LogP) is 3.04. The van der Waals surface area contributed by atoms with Gasteiger partial charge in [-0.2, -0.15) is 0 Å². The Kier molecular flexibility index (Phi) is 6.20. The lowest BCUT2D eigenvalue weighted by Gasteiger charge is -2.23. The minimum Gasteiger partial charge on any atom is -0.490 e. The van der Waals surface area contributed by atoms with E-state index in [1.54, 1.807) is 0 Å². The van der Waals surface area contributed by atoms with E-state index >= 15 is 0 Å². The smallest absolute Gasteiger partial charge is 0.194 e. The number of halogens is 1. The molecule has 2 bridgehead atoms. The highest BCUT2D eigenvalue weighted by Crippen LogP contribution is 2.47. The van der Waals surface area contributed by atoms with Gasteiger partial charge >= 0.3 is 0 Å². The molecule has 1 aromatic carbocycles. The van der Waals surface area contributed by atoms with Crippen molar-refractivity contribution < 1.29 is 14.2 Å². The Hall–Kier alpha value is -1.22. The molecule has 3 fully saturated rings. The van der Waals surface area contributed by atoms with Crippen LogP contribution in [0, 0.1) is 11.8 Å². The maximum absolute atomic E-state index is 6.11. The molecule has 0 aliphatic carbocycles. The molecule has 1 aromatic rings. The number of hydrogen-bond donors (Lipinski definition) is 1. The second-order valence-electron chi connectivity index (χ2n) is 8.02. The zero-order valence-corrected chi connectivity index (χ0v) is 18.8. The van der Waals surface area contributed by atoms with Crippen LogP contribution in [0.15, 0.2) is 23.2 Å². The molecule has 5 rings (SSSR count). The number of nitrogens with zero attached hydrogens (tertiary/aromatic N) is 2. The van der Waals surface area contributed by atoms with Crippen molar-refractivity contribution in [1.29, 1.82) is 0 Å². The summed E-state index contributed by atoms with van der Waals surface area (Å²) < 4.78 is 17.6. The van der Waals surface area contributed by atoms with Crippen LogP contribution in [0.25, 0.3) is 0 Å². The Morgan fingerprint density at radius 3 is 2.54 bits per heavy atom. The number of ether oxygens (including phenoxy) is 3. The molecule has 0 amide bonds. The number of benzene rings is 1. The fraction of sp³-hybridized carbons (Fsp3) is 0.667. The van der Waals surface area contributed by atoms with Gasteiger partial charge in [-0.25, -0.2) is 4.99 Å². The molecule has 4 aliphatic rings. The van der Waals surface area contributed by atoms with Gasteiger partial charge in [0.1, 0.15) is 0 Å². The standard InChI is InChI=1S/C21H29N3O3.HI/c1-2-22-21(24-12-15-16(13-24)18-7-6-17(15)27-18)23-11-14-4-5-19-20(10-14)26-9-3-8-25-19;/h4-5,10,15-18H,2-3,6-9,11-13H2,1H3,(H,22,23);1H. The fourth-order valence-corrected chi connectivity index (χ4v) is 5.03. The average Bonchev–Trinajstić information content (AvgIpc) is 3.35. The average molecular weight is 499 g/mol. The molecular formula is C21H30IN3O3. The lowest BCUT2D eigenvalue weighted by molar-refractivity contribution is 0.0767. The molecule has 0 aromatic heterocycles. The molecule has 3 saturated heterocycles. The molecule has 1 N–H and O–H groups in total. The van der Waals surface area contributed by atoms with Gasteiger partial charge in [-0.1, -0.05) is 6.07 Å². The van der Waals surface area contributed by atoms with Gasteiger partial charge in [0.15, 0.2) is 17.5 Å². The van der Waals surface area contributed by atoms with Crippen LogP contribution in [0.2, 0.25) is 0 Å². The van der Waals surface area contributed by atoms with Gasteiger partial charge in [-0.3, -0.25) is 0 Å². The maximum atomic E-state index is 6.11. The van der Waals surface area contributed by atoms with Gasteiger partial charge in [0.2, 0.25) is 0 Å². The first-order chi connectivity index (χ1) is 13.3. The number of guanidine groups is 1. The molecule has 6 nitrogen and oxygen atoms in total. The van der Waals surface area contributed by atoms with E-state index in [1.165, 1.54) is 12.8 Å². The quantitative estimate of drug-likeness (QED) is 0.394. The first kappa shape index (κ1) is 20.1. The predicted molar refractivity (Wildman–Crippen MR) is 119 cm³/mol. The zero-order valence-electron chi connectivity index (χ0n) is 16.4. The highest BCUT2D eigenvalue weighted by Gasteiger charge is 2.53. The molecule has 4 atom stereocenters. The summed E-state index contributed by atoms with van der Waals surface area (Å²) in [5.41, 5.74) is 1.15. The number of nitrogens with one attached hydrogen (secondary N) is 1. The van der Waals surface area contributed by atoms with Crippen LogP contribution >= 0.6 is 24.0 Å². The number of aliphatic imine (C=N–C) groups is 1. The molecule has 4 heterocycles. The van der Waals surface area contributed by atoms with E-state index in [4.69, 9.17) is 19.2 Å². The Labute approximate surface area is 184 Å². The Balaban J connectivity index is 0.00000192. The van der Waals surface area contributed by atoms with Crippen molar-refractivity contribution in [2.45, 2.75) is 44.9 Å². The fourth-order valence-electron chi connectivity index (χ4n) is 5.03. The minimum atomic E-state index is 0. The summed E-state index contributed by atoms with van der Waals surface area (Å²) in [5.74, 6) is 4.08. The lowest BCUT2D eigenvalue weighted by atomic mass is 9.82. The molecule has 4 aliphatic heterocycles. The molecule has 154 valence electrons. The van der Waals surface area contributed by atoms with Gasteiger partial charge < -0.3 is 24.4 Å². The summed E-state index contributed by atoms with van der Waals surface area (Å²) in [7, 11) is 0. The highest BCUT2D eigenvalue weighted by molar-refractivity contribution is 14.0. The van der Waals surface area contributed by atoms with Crippen LogP contribution in [0.1, 0.15) is 31.7 Å². The van der Waals surface area contributed by atoms with Crippen molar-refractivity contribution in [3.63, 3.8) is 0 Å². The zero-order chi connectivity index (χ0) is 18.2. The van der Waals surface area contributed by atoms with Crippen molar-refractivity contribution in [2.24, 2.45) is 16.8 Å². The first-order valence-corrected chi connectivity index (χ1v) is 10.4. The summed E-state index contributed by atoms with van der Waals surface area (Å²) in [6, 6.07) is 6.17. The SMILES string of the molecule is CCNC(=NCc1ccc2c(c1)OCCCO2)N1CC2C3CCC(O3)C2C1.I. The third-order valence-corrected chi connectivity index (χ3v) is 6.31. The number of hydrogen-bond acceptors (Lipinski definition) is 4. The molecule has 7 heteroatoms. The Bertz CT molecular complexity index is 711. The van der Waals surface area contributed by atoms with Crippen molar-refractivity contribution in [2.75, 3.05) is 32.8 Å². The summed E-state index contributed by atoms with van der Waals surface area (Å²) in [6.45, 7) is 7.23. The van der Waals surface area contributed by atoms with Crippen LogP contribution in [0.4, 0.5) is 0 Å². The number of rotatable bonds is 3. The van der Waals surface area contributed by atoms with Gasteiger partial charge in [-0.05, 0) is 37.5 Å². The van der Waals surface area contributed by atoms with Crippen molar-refractivity contribution in [1.82, 2.24) is 10.2 Å². The van der Waals surface area contributed by atoms with Gasteiger partial charge in [0, 0.05) is 37.9 Å². The Morgan fingerprint density at radius 2 is 1.82 bits per heavy atom. The van der Waals surface area contributed by atoms with Crippen LogP contribution < -0.4 is 14.8 Å². The van der Waals surface area contributed by atoms with E-state index in [2.05, 4.69) is 29.3 Å². The number of fused-ring (bicyclic) bond motifs is 6. The van der Waals surface area contributed by atoms with E-state index in [0.29, 0.717) is 37.2 Å². The first-order valence-electron chi connectivity index (χ1n) is 10.4. The monoisotopic (exact) mass is 499 g/mol. The normalized spacial score (nSPS) is 30.6. The maximum Gasteiger partial charge on any atom is 0.194 e. The van der Waals surface area contributed by atoms with Gasteiger partial charge in [0.25, 0.3) is 0 Å². The van der Waals surface area contributed by atoms with Crippen molar-refractivity contribution in [3.8, 4) is 11.5 Å². The van der Waals surface area contributed by atoms with E-state index in [1.807, 2.05) is 6.07 Å². The third-order valence-electron chi connectivity index (χ3n) is 6.31. The largest absolute Gasteiger partial charge is 0.490 e. The van der Waals surface area contributed by atoms with Crippen LogP contribution in [-0.4, -0.2) is 55.9 Å². The van der Waals surface area contributed by atoms with E-state index in [9.17, 15) is 0 Å². The molecule has 0 radical (unpaired) electrons. The lowest BCUT2D eigenvalue weighted by Crippen LogP contribution is -2.41. The van der Waals surface area contributed by atoms with Crippen molar-refractivity contribution >= 4 is 29.9 Å². The van der Waals surface area contributed by atoms with Gasteiger partial charge in [0.05, 0.1) is 32.0 Å². The topological polar surface area (TPSA) is 55.3 Å². The van der Waals surface area contributed by atoms with E-state index < -0.39 is 0 Å². The second-order valence-corrected chi connectivity index (χ2v) is 8.02. The third kappa shape index (κ3) is 3.79. The molecule has 0 spiro atoms. The molecular weight excluding hydrogens is 469 g/mol. The van der Waals surface area contributed by atoms with Crippen LogP contribution in [-0.2, 0) is 11.3 Å². The molecule has 0 saturated carbocycles. The minimum absolute atomic E-state index is 0. The Morgan fingerprint density at radius 1 is 1.11 bits per heavy atom. The molecule has 4 unspecified atom stereocenters. The van der Waals surface area contributed by atoms with Crippen molar-refractivity contribution in [3.05, 3.63) is 23.8 Å². The second kappa shape index (κ2) is 8.65. The number of likely N-dealkylation sites (tertiary alicyclic amines) is 1. The van der Waals surface area contributed by atoms with Crippen LogP contribution in [0.5, 0.6) is 11.5 Å². The summed E-state index contributed by atoms with van der Waals surface area (Å²) in [6.07, 6.45) is 4.37. The van der Waals surface area contributed by atoms with Crippen LogP contribution in [0.3, 0.4) is 0 Å². The van der Waals surface area contributed by atoms with E-state index in [-0.39, 0.29) is 24.0 Å². The van der Waals surface area contributed by atoms with Gasteiger partial charge in [-0.15, -0.1) is 24.0 Å². The summed E-state index contributed by atoms with van der Waals surface area (Å²) in [5, 5.41) is 3.49. The highest BCUT2D eigenvalue weighted by atomic mass is 127. The van der Waals surface area contributed by atoms with E-state index in [0.717, 1.165) is 55.7 Å². The summed E-state index contributed by atoms with van der Waals surface area (Å²) in [4.78, 5) is 7.37.